The maximum Gasteiger partial charge on any atom is 0.240 e. The third-order valence-corrected chi connectivity index (χ3v) is 6.91. The van der Waals surface area contributed by atoms with Gasteiger partial charge in [0.2, 0.25) is 11.8 Å². The fourth-order valence-electron chi connectivity index (χ4n) is 5.46. The number of likely N-dealkylation sites (tertiary alicyclic amines) is 3. The summed E-state index contributed by atoms with van der Waals surface area (Å²) in [6.07, 6.45) is 3.18. The van der Waals surface area contributed by atoms with E-state index in [1.807, 2.05) is 18.7 Å². The third-order valence-electron chi connectivity index (χ3n) is 6.91. The number of rotatable bonds is 6. The number of nitriles is 1. The molecule has 3 aliphatic rings. The third kappa shape index (κ3) is 3.58. The van der Waals surface area contributed by atoms with Gasteiger partial charge >= 0.3 is 0 Å². The zero-order chi connectivity index (χ0) is 21.4. The second kappa shape index (κ2) is 8.35. The highest BCUT2D eigenvalue weighted by molar-refractivity contribution is 5.86. The Balaban J connectivity index is 1.41. The Kier molecular flexibility index (Phi) is 5.79. The Morgan fingerprint density at radius 1 is 1.33 bits per heavy atom. The fourth-order valence-corrected chi connectivity index (χ4v) is 5.46. The molecule has 0 aromatic heterocycles. The van der Waals surface area contributed by atoms with Gasteiger partial charge in [0.1, 0.15) is 11.9 Å². The molecule has 0 aliphatic carbocycles. The number of fused-ring (bicyclic) bond motifs is 2. The first-order chi connectivity index (χ1) is 14.4. The van der Waals surface area contributed by atoms with Gasteiger partial charge in [-0.3, -0.25) is 14.5 Å². The van der Waals surface area contributed by atoms with Crippen LogP contribution in [0.25, 0.3) is 0 Å². The standard InChI is InChI=1S/C23H29FN4O2/c1-3-20(16-6-8-17(24)9-7-16)28-19-11-21(23(28)30)26(14-19)13-15(2)22(29)27-10-4-5-18(27)12-25/h6-9,15,18-21H,3-5,10-11,13-14H2,1-2H3/t15-,18-,19-,20+,21-/m0/s1. The molecule has 2 amide bonds. The van der Waals surface area contributed by atoms with Crippen molar-refractivity contribution in [1.29, 1.82) is 5.26 Å². The Bertz CT molecular complexity index is 852. The summed E-state index contributed by atoms with van der Waals surface area (Å²) >= 11 is 0. The van der Waals surface area contributed by atoms with Gasteiger partial charge in [-0.05, 0) is 43.4 Å². The Labute approximate surface area is 177 Å². The molecule has 4 rings (SSSR count). The molecule has 1 aromatic carbocycles. The van der Waals surface area contributed by atoms with Gasteiger partial charge in [0, 0.05) is 31.6 Å². The van der Waals surface area contributed by atoms with Crippen molar-refractivity contribution in [2.75, 3.05) is 19.6 Å². The topological polar surface area (TPSA) is 67.7 Å². The van der Waals surface area contributed by atoms with Crippen molar-refractivity contribution in [2.24, 2.45) is 5.92 Å². The minimum Gasteiger partial charge on any atom is -0.330 e. The smallest absolute Gasteiger partial charge is 0.240 e. The van der Waals surface area contributed by atoms with E-state index in [2.05, 4.69) is 11.0 Å². The molecular weight excluding hydrogens is 383 g/mol. The summed E-state index contributed by atoms with van der Waals surface area (Å²) in [6, 6.07) is 8.23. The van der Waals surface area contributed by atoms with Gasteiger partial charge in [-0.1, -0.05) is 26.0 Å². The number of nitrogens with zero attached hydrogens (tertiary/aromatic N) is 4. The summed E-state index contributed by atoms with van der Waals surface area (Å²) in [7, 11) is 0. The first-order valence-corrected chi connectivity index (χ1v) is 11.0. The molecule has 0 saturated carbocycles. The van der Waals surface area contributed by atoms with Crippen LogP contribution < -0.4 is 0 Å². The van der Waals surface area contributed by atoms with E-state index in [1.54, 1.807) is 17.0 Å². The number of halogens is 1. The molecular formula is C23H29FN4O2. The second-order valence-electron chi connectivity index (χ2n) is 8.80. The second-order valence-corrected chi connectivity index (χ2v) is 8.80. The number of amides is 2. The van der Waals surface area contributed by atoms with Crippen molar-refractivity contribution in [2.45, 2.75) is 63.7 Å². The van der Waals surface area contributed by atoms with Crippen LogP contribution in [0.3, 0.4) is 0 Å². The predicted octanol–water partition coefficient (Wildman–Crippen LogP) is 2.71. The average Bonchev–Trinajstić information content (AvgIpc) is 3.45. The van der Waals surface area contributed by atoms with E-state index in [-0.39, 0.29) is 47.7 Å². The van der Waals surface area contributed by atoms with E-state index < -0.39 is 0 Å². The van der Waals surface area contributed by atoms with E-state index in [1.165, 1.54) is 12.1 Å². The van der Waals surface area contributed by atoms with Crippen LogP contribution in [-0.4, -0.2) is 64.3 Å². The van der Waals surface area contributed by atoms with Crippen LogP contribution in [0.1, 0.15) is 51.1 Å². The van der Waals surface area contributed by atoms with Gasteiger partial charge in [0.15, 0.2) is 0 Å². The number of hydrogen-bond acceptors (Lipinski definition) is 4. The van der Waals surface area contributed by atoms with Crippen molar-refractivity contribution >= 4 is 11.8 Å². The Morgan fingerprint density at radius 3 is 2.70 bits per heavy atom. The van der Waals surface area contributed by atoms with Crippen LogP contribution in [0, 0.1) is 23.1 Å². The van der Waals surface area contributed by atoms with E-state index in [0.29, 0.717) is 13.1 Å². The number of piperazine rings is 1. The molecule has 0 unspecified atom stereocenters. The first kappa shape index (κ1) is 20.8. The minimum atomic E-state index is -0.312. The van der Waals surface area contributed by atoms with Gasteiger partial charge < -0.3 is 9.80 Å². The van der Waals surface area contributed by atoms with Gasteiger partial charge in [-0.2, -0.15) is 5.26 Å². The summed E-state index contributed by atoms with van der Waals surface area (Å²) in [5.74, 6) is -0.384. The Hall–Kier alpha value is -2.46. The van der Waals surface area contributed by atoms with E-state index in [0.717, 1.165) is 37.8 Å². The molecule has 0 radical (unpaired) electrons. The number of carbonyl (C=O) groups is 2. The van der Waals surface area contributed by atoms with Crippen molar-refractivity contribution in [1.82, 2.24) is 14.7 Å². The monoisotopic (exact) mass is 412 g/mol. The molecule has 30 heavy (non-hydrogen) atoms. The highest BCUT2D eigenvalue weighted by atomic mass is 19.1. The SMILES string of the molecule is CC[C@H](c1ccc(F)cc1)N1C(=O)[C@@H]2C[C@H]1CN2C[C@H](C)C(=O)N1CCC[C@H]1C#N. The van der Waals surface area contributed by atoms with Crippen molar-refractivity contribution in [3.8, 4) is 6.07 Å². The lowest BCUT2D eigenvalue weighted by molar-refractivity contribution is -0.142. The van der Waals surface area contributed by atoms with E-state index in [4.69, 9.17) is 0 Å². The van der Waals surface area contributed by atoms with Crippen LogP contribution in [0.15, 0.2) is 24.3 Å². The molecule has 3 fully saturated rings. The number of hydrogen-bond donors (Lipinski definition) is 0. The largest absolute Gasteiger partial charge is 0.330 e. The predicted molar refractivity (Wildman–Crippen MR) is 110 cm³/mol. The number of benzene rings is 1. The maximum absolute atomic E-state index is 13.3. The van der Waals surface area contributed by atoms with Gasteiger partial charge in [0.25, 0.3) is 0 Å². The van der Waals surface area contributed by atoms with E-state index >= 15 is 0 Å². The molecule has 0 spiro atoms. The lowest BCUT2D eigenvalue weighted by atomic mass is 10.0. The van der Waals surface area contributed by atoms with E-state index in [9.17, 15) is 19.2 Å². The van der Waals surface area contributed by atoms with Crippen LogP contribution in [0.2, 0.25) is 0 Å². The van der Waals surface area contributed by atoms with Gasteiger partial charge in [0.05, 0.1) is 18.2 Å². The normalized spacial score (nSPS) is 28.1. The van der Waals surface area contributed by atoms with Crippen LogP contribution in [0.5, 0.6) is 0 Å². The molecule has 3 aliphatic heterocycles. The lowest BCUT2D eigenvalue weighted by Crippen LogP contribution is -2.53. The molecule has 5 atom stereocenters. The van der Waals surface area contributed by atoms with Crippen molar-refractivity contribution < 1.29 is 14.0 Å². The van der Waals surface area contributed by atoms with Crippen LogP contribution in [0.4, 0.5) is 4.39 Å². The van der Waals surface area contributed by atoms with Crippen molar-refractivity contribution in [3.63, 3.8) is 0 Å². The molecule has 1 aromatic rings. The maximum atomic E-state index is 13.3. The first-order valence-electron chi connectivity index (χ1n) is 11.0. The highest BCUT2D eigenvalue weighted by Gasteiger charge is 2.52. The zero-order valence-electron chi connectivity index (χ0n) is 17.6. The molecule has 160 valence electrons. The lowest BCUT2D eigenvalue weighted by Gasteiger charge is -2.39. The molecule has 7 heteroatoms. The molecule has 0 N–H and O–H groups in total. The summed E-state index contributed by atoms with van der Waals surface area (Å²) in [4.78, 5) is 31.9. The van der Waals surface area contributed by atoms with Crippen molar-refractivity contribution in [3.05, 3.63) is 35.6 Å². The van der Waals surface area contributed by atoms with Crippen LogP contribution in [-0.2, 0) is 9.59 Å². The summed E-state index contributed by atoms with van der Waals surface area (Å²) in [6.45, 7) is 5.90. The summed E-state index contributed by atoms with van der Waals surface area (Å²) in [5, 5.41) is 9.26. The average molecular weight is 413 g/mol. The highest BCUT2D eigenvalue weighted by Crippen LogP contribution is 2.39. The molecule has 6 nitrogen and oxygen atoms in total. The molecule has 2 bridgehead atoms. The zero-order valence-corrected chi connectivity index (χ0v) is 17.6. The molecule has 3 saturated heterocycles. The fraction of sp³-hybridized carbons (Fsp3) is 0.609. The minimum absolute atomic E-state index is 0.0175. The Morgan fingerprint density at radius 2 is 2.07 bits per heavy atom. The summed E-state index contributed by atoms with van der Waals surface area (Å²) < 4.78 is 13.3. The molecule has 3 heterocycles. The summed E-state index contributed by atoms with van der Waals surface area (Å²) in [5.41, 5.74) is 0.964. The van der Waals surface area contributed by atoms with Gasteiger partial charge in [-0.25, -0.2) is 4.39 Å². The van der Waals surface area contributed by atoms with Crippen LogP contribution >= 0.6 is 0 Å². The number of carbonyl (C=O) groups excluding carboxylic acids is 2. The van der Waals surface area contributed by atoms with Gasteiger partial charge in [-0.15, -0.1) is 0 Å². The quantitative estimate of drug-likeness (QED) is 0.721.